The fourth-order valence-electron chi connectivity index (χ4n) is 2.79. The number of ether oxygens (including phenoxy) is 4. The van der Waals surface area contributed by atoms with Gasteiger partial charge in [0.15, 0.2) is 5.90 Å². The van der Waals surface area contributed by atoms with E-state index in [1.54, 1.807) is 6.92 Å². The van der Waals surface area contributed by atoms with Crippen molar-refractivity contribution in [2.75, 3.05) is 6.61 Å². The third kappa shape index (κ3) is 4.19. The van der Waals surface area contributed by atoms with E-state index in [1.165, 1.54) is 13.8 Å². The van der Waals surface area contributed by atoms with Gasteiger partial charge in [0.05, 0.1) is 6.42 Å². The SMILES string of the molecule is CC(=O)OC[C@H]1O[C@@H]2OC(C)=N[C@@H]2[C@@H](CC(=O)O)[C@H]1OC(C)=O. The minimum Gasteiger partial charge on any atom is -0.481 e. The molecule has 0 unspecified atom stereocenters. The second-order valence-corrected chi connectivity index (χ2v) is 5.44. The van der Waals surface area contributed by atoms with Crippen molar-refractivity contribution in [3.05, 3.63) is 0 Å². The summed E-state index contributed by atoms with van der Waals surface area (Å²) in [5, 5.41) is 9.15. The van der Waals surface area contributed by atoms with E-state index < -0.39 is 48.4 Å². The van der Waals surface area contributed by atoms with Crippen LogP contribution in [-0.2, 0) is 33.3 Å². The van der Waals surface area contributed by atoms with Crippen LogP contribution in [0.4, 0.5) is 0 Å². The van der Waals surface area contributed by atoms with E-state index in [0.717, 1.165) is 0 Å². The summed E-state index contributed by atoms with van der Waals surface area (Å²) in [5.41, 5.74) is 0. The second-order valence-electron chi connectivity index (χ2n) is 5.44. The summed E-state index contributed by atoms with van der Waals surface area (Å²) in [5.74, 6) is -2.44. The molecule has 0 aromatic heterocycles. The highest BCUT2D eigenvalue weighted by Crippen LogP contribution is 2.36. The van der Waals surface area contributed by atoms with Gasteiger partial charge in [-0.1, -0.05) is 0 Å². The highest BCUT2D eigenvalue weighted by molar-refractivity contribution is 5.75. The summed E-state index contributed by atoms with van der Waals surface area (Å²) in [4.78, 5) is 37.8. The maximum Gasteiger partial charge on any atom is 0.303 e. The number of esters is 2. The van der Waals surface area contributed by atoms with Crippen LogP contribution in [0.3, 0.4) is 0 Å². The summed E-state index contributed by atoms with van der Waals surface area (Å²) in [7, 11) is 0. The standard InChI is InChI=1S/C14H19NO8/c1-6-15-12-9(4-11(18)19)13(22-8(3)17)10(5-20-7(2)16)23-14(12)21-6/h9-10,12-14H,4-5H2,1-3H3,(H,18,19)/t9-,10-,12-,13-,14+/m1/s1. The normalized spacial score (nSPS) is 32.3. The second kappa shape index (κ2) is 6.95. The molecule has 1 saturated heterocycles. The van der Waals surface area contributed by atoms with Crippen molar-refractivity contribution in [3.8, 4) is 0 Å². The molecule has 23 heavy (non-hydrogen) atoms. The van der Waals surface area contributed by atoms with Crippen LogP contribution >= 0.6 is 0 Å². The fraction of sp³-hybridized carbons (Fsp3) is 0.714. The summed E-state index contributed by atoms with van der Waals surface area (Å²) in [6.07, 6.45) is -2.79. The average molecular weight is 329 g/mol. The van der Waals surface area contributed by atoms with E-state index in [2.05, 4.69) is 4.99 Å². The van der Waals surface area contributed by atoms with Gasteiger partial charge in [0.1, 0.15) is 24.9 Å². The molecule has 0 spiro atoms. The van der Waals surface area contributed by atoms with E-state index in [4.69, 9.17) is 24.1 Å². The number of aliphatic carboxylic acids is 1. The lowest BCUT2D eigenvalue weighted by Crippen LogP contribution is -2.56. The molecular weight excluding hydrogens is 310 g/mol. The van der Waals surface area contributed by atoms with E-state index >= 15 is 0 Å². The van der Waals surface area contributed by atoms with Gasteiger partial charge in [-0.2, -0.15) is 0 Å². The summed E-state index contributed by atoms with van der Waals surface area (Å²) >= 11 is 0. The maximum atomic E-state index is 11.4. The van der Waals surface area contributed by atoms with Gasteiger partial charge in [-0.3, -0.25) is 14.4 Å². The Morgan fingerprint density at radius 1 is 1.26 bits per heavy atom. The molecule has 0 aromatic carbocycles. The number of carboxylic acids is 1. The number of rotatable bonds is 5. The molecule has 9 heteroatoms. The van der Waals surface area contributed by atoms with Gasteiger partial charge < -0.3 is 24.1 Å². The van der Waals surface area contributed by atoms with Crippen LogP contribution in [-0.4, -0.2) is 60.1 Å². The Kier molecular flexibility index (Phi) is 5.19. The van der Waals surface area contributed by atoms with Gasteiger partial charge in [0.25, 0.3) is 0 Å². The summed E-state index contributed by atoms with van der Waals surface area (Å²) < 4.78 is 21.3. The first kappa shape index (κ1) is 17.2. The predicted molar refractivity (Wildman–Crippen MR) is 74.6 cm³/mol. The van der Waals surface area contributed by atoms with Gasteiger partial charge >= 0.3 is 17.9 Å². The first-order valence-electron chi connectivity index (χ1n) is 7.17. The topological polar surface area (TPSA) is 121 Å². The van der Waals surface area contributed by atoms with Gasteiger partial charge in [-0.25, -0.2) is 4.99 Å². The fourth-order valence-corrected chi connectivity index (χ4v) is 2.79. The third-order valence-electron chi connectivity index (χ3n) is 3.60. The molecule has 128 valence electrons. The lowest BCUT2D eigenvalue weighted by molar-refractivity contribution is -0.233. The minimum absolute atomic E-state index is 0.172. The van der Waals surface area contributed by atoms with Crippen LogP contribution in [0, 0.1) is 5.92 Å². The van der Waals surface area contributed by atoms with Crippen LogP contribution in [0.25, 0.3) is 0 Å². The number of nitrogens with zero attached hydrogens (tertiary/aromatic N) is 1. The molecule has 1 N–H and O–H groups in total. The van der Waals surface area contributed by atoms with E-state index in [9.17, 15) is 14.4 Å². The van der Waals surface area contributed by atoms with Crippen molar-refractivity contribution >= 4 is 23.8 Å². The minimum atomic E-state index is -1.06. The number of hydrogen-bond donors (Lipinski definition) is 1. The quantitative estimate of drug-likeness (QED) is 0.706. The molecular formula is C14H19NO8. The van der Waals surface area contributed by atoms with Gasteiger partial charge in [-0.05, 0) is 0 Å². The van der Waals surface area contributed by atoms with Gasteiger partial charge in [0, 0.05) is 26.7 Å². The predicted octanol–water partition coefficient (Wildman–Crippen LogP) is 0.114. The largest absolute Gasteiger partial charge is 0.481 e. The molecule has 2 aliphatic heterocycles. The number of carboxylic acid groups (broad SMARTS) is 1. The molecule has 5 atom stereocenters. The van der Waals surface area contributed by atoms with Gasteiger partial charge in [-0.15, -0.1) is 0 Å². The van der Waals surface area contributed by atoms with Crippen LogP contribution in [0.1, 0.15) is 27.2 Å². The molecule has 0 bridgehead atoms. The van der Waals surface area contributed by atoms with E-state index in [1.807, 2.05) is 0 Å². The van der Waals surface area contributed by atoms with Crippen molar-refractivity contribution in [1.29, 1.82) is 0 Å². The Hall–Kier alpha value is -2.16. The molecule has 0 amide bonds. The van der Waals surface area contributed by atoms with Crippen LogP contribution in [0.15, 0.2) is 4.99 Å². The van der Waals surface area contributed by atoms with Crippen molar-refractivity contribution < 1.29 is 38.4 Å². The monoisotopic (exact) mass is 329 g/mol. The zero-order chi connectivity index (χ0) is 17.1. The molecule has 0 aliphatic carbocycles. The molecule has 0 saturated carbocycles. The van der Waals surface area contributed by atoms with Crippen molar-refractivity contribution in [2.24, 2.45) is 10.9 Å². The van der Waals surface area contributed by atoms with Crippen molar-refractivity contribution in [3.63, 3.8) is 0 Å². The molecule has 2 aliphatic rings. The van der Waals surface area contributed by atoms with Crippen molar-refractivity contribution in [1.82, 2.24) is 0 Å². The number of carbonyl (C=O) groups is 3. The van der Waals surface area contributed by atoms with Gasteiger partial charge in [0.2, 0.25) is 6.29 Å². The first-order chi connectivity index (χ1) is 10.8. The maximum absolute atomic E-state index is 11.4. The number of carbonyl (C=O) groups excluding carboxylic acids is 2. The first-order valence-corrected chi connectivity index (χ1v) is 7.17. The van der Waals surface area contributed by atoms with Crippen LogP contribution < -0.4 is 0 Å². The van der Waals surface area contributed by atoms with Crippen LogP contribution in [0.5, 0.6) is 0 Å². The number of hydrogen-bond acceptors (Lipinski definition) is 8. The number of fused-ring (bicyclic) bond motifs is 1. The Balaban J connectivity index is 2.26. The lowest BCUT2D eigenvalue weighted by atomic mass is 9.85. The molecule has 0 aromatic rings. The molecule has 9 nitrogen and oxygen atoms in total. The Labute approximate surface area is 132 Å². The molecule has 2 rings (SSSR count). The smallest absolute Gasteiger partial charge is 0.303 e. The summed E-state index contributed by atoms with van der Waals surface area (Å²) in [6, 6.07) is -0.593. The zero-order valence-corrected chi connectivity index (χ0v) is 13.1. The third-order valence-corrected chi connectivity index (χ3v) is 3.60. The zero-order valence-electron chi connectivity index (χ0n) is 13.1. The van der Waals surface area contributed by atoms with Crippen molar-refractivity contribution in [2.45, 2.75) is 51.7 Å². The highest BCUT2D eigenvalue weighted by atomic mass is 16.7. The summed E-state index contributed by atoms with van der Waals surface area (Å²) in [6.45, 7) is 3.91. The Morgan fingerprint density at radius 3 is 2.52 bits per heavy atom. The highest BCUT2D eigenvalue weighted by Gasteiger charge is 2.52. The molecule has 2 heterocycles. The van der Waals surface area contributed by atoms with E-state index in [-0.39, 0.29) is 13.0 Å². The Morgan fingerprint density at radius 2 is 1.96 bits per heavy atom. The molecule has 1 fully saturated rings. The number of aliphatic imine (C=N–C) groups is 1. The average Bonchev–Trinajstić information content (AvgIpc) is 2.78. The lowest BCUT2D eigenvalue weighted by Gasteiger charge is -2.41. The van der Waals surface area contributed by atoms with E-state index in [0.29, 0.717) is 5.90 Å². The Bertz CT molecular complexity index is 531. The molecule has 0 radical (unpaired) electrons. The van der Waals surface area contributed by atoms with Crippen LogP contribution in [0.2, 0.25) is 0 Å².